The number of fused-ring (bicyclic) bond motifs is 1. The highest BCUT2D eigenvalue weighted by Gasteiger charge is 2.31. The molecule has 1 N–H and O–H groups in total. The summed E-state index contributed by atoms with van der Waals surface area (Å²) in [5, 5.41) is 14.0. The van der Waals surface area contributed by atoms with Crippen LogP contribution in [0.5, 0.6) is 11.6 Å². The van der Waals surface area contributed by atoms with Gasteiger partial charge in [-0.2, -0.15) is 5.10 Å². The number of anilines is 1. The van der Waals surface area contributed by atoms with Crippen LogP contribution >= 0.6 is 0 Å². The lowest BCUT2D eigenvalue weighted by molar-refractivity contribution is 0.198. The van der Waals surface area contributed by atoms with Gasteiger partial charge in [-0.15, -0.1) is 0 Å². The Bertz CT molecular complexity index is 1240. The minimum atomic E-state index is -3.12. The molecule has 0 saturated carbocycles. The quantitative estimate of drug-likeness (QED) is 0.598. The van der Waals surface area contributed by atoms with Gasteiger partial charge in [-0.1, -0.05) is 0 Å². The van der Waals surface area contributed by atoms with Crippen molar-refractivity contribution in [3.05, 3.63) is 48.7 Å². The summed E-state index contributed by atoms with van der Waals surface area (Å²) in [5.74, 6) is 0.753. The molecule has 0 bridgehead atoms. The first-order chi connectivity index (χ1) is 15.2. The molecule has 2 aromatic heterocycles. The SMILES string of the molecule is C[C@H]1CCc2c(ccc(-c3cnn(CCS(C)(=O)=O)c3)c2Oc2cnccn2)N1C(=O)O. The molecule has 0 unspecified atom stereocenters. The highest BCUT2D eigenvalue weighted by molar-refractivity contribution is 7.90. The van der Waals surface area contributed by atoms with E-state index in [9.17, 15) is 18.3 Å². The van der Waals surface area contributed by atoms with Crippen LogP contribution in [0.25, 0.3) is 11.1 Å². The molecule has 0 saturated heterocycles. The van der Waals surface area contributed by atoms with Crippen LogP contribution in [0.4, 0.5) is 10.5 Å². The Balaban J connectivity index is 1.79. The van der Waals surface area contributed by atoms with Crippen molar-refractivity contribution in [3.8, 4) is 22.8 Å². The lowest BCUT2D eigenvalue weighted by Gasteiger charge is -2.34. The molecule has 1 aliphatic heterocycles. The lowest BCUT2D eigenvalue weighted by Crippen LogP contribution is -2.41. The first-order valence-electron chi connectivity index (χ1n) is 10.1. The molecule has 1 atom stereocenters. The lowest BCUT2D eigenvalue weighted by atomic mass is 9.92. The molecule has 0 radical (unpaired) electrons. The van der Waals surface area contributed by atoms with Crippen molar-refractivity contribution in [2.75, 3.05) is 16.9 Å². The molecule has 32 heavy (non-hydrogen) atoms. The standard InChI is InChI=1S/C21H23N5O5S/c1-14-3-4-17-18(26(14)21(27)28)6-5-16(20(17)31-19-12-22-7-8-23-19)15-11-24-25(13-15)9-10-32(2,29)30/h5-8,11-14H,3-4,9-10H2,1-2H3,(H,27,28)/t14-/m0/s1. The molecule has 1 aliphatic rings. The van der Waals surface area contributed by atoms with E-state index in [0.717, 1.165) is 11.1 Å². The number of carboxylic acid groups (broad SMARTS) is 1. The number of aryl methyl sites for hydroxylation is 1. The van der Waals surface area contributed by atoms with Gasteiger partial charge < -0.3 is 9.84 Å². The average Bonchev–Trinajstić information content (AvgIpc) is 3.21. The van der Waals surface area contributed by atoms with E-state index in [2.05, 4.69) is 15.1 Å². The molecule has 3 heterocycles. The fourth-order valence-corrected chi connectivity index (χ4v) is 4.29. The molecule has 168 valence electrons. The first-order valence-corrected chi connectivity index (χ1v) is 12.1. The second-order valence-corrected chi connectivity index (χ2v) is 10.0. The highest BCUT2D eigenvalue weighted by atomic mass is 32.2. The molecule has 1 aromatic carbocycles. The van der Waals surface area contributed by atoms with Crippen molar-refractivity contribution >= 4 is 21.6 Å². The summed E-state index contributed by atoms with van der Waals surface area (Å²) < 4.78 is 30.7. The van der Waals surface area contributed by atoms with Crippen molar-refractivity contribution in [2.24, 2.45) is 0 Å². The van der Waals surface area contributed by atoms with Gasteiger partial charge in [0.15, 0.2) is 0 Å². The minimum absolute atomic E-state index is 0.0211. The third kappa shape index (κ3) is 4.57. The normalized spacial score (nSPS) is 15.9. The van der Waals surface area contributed by atoms with Gasteiger partial charge in [0.25, 0.3) is 0 Å². The van der Waals surface area contributed by atoms with E-state index in [1.807, 2.05) is 6.92 Å². The Kier molecular flexibility index (Phi) is 5.83. The number of aromatic nitrogens is 4. The van der Waals surface area contributed by atoms with E-state index in [-0.39, 0.29) is 24.2 Å². The Hall–Kier alpha value is -3.47. The summed E-state index contributed by atoms with van der Waals surface area (Å²) in [6.45, 7) is 2.11. The van der Waals surface area contributed by atoms with E-state index >= 15 is 0 Å². The van der Waals surface area contributed by atoms with Gasteiger partial charge in [0.1, 0.15) is 15.6 Å². The van der Waals surface area contributed by atoms with Crippen LogP contribution in [-0.4, -0.2) is 57.4 Å². The molecule has 3 aromatic rings. The van der Waals surface area contributed by atoms with Crippen molar-refractivity contribution in [3.63, 3.8) is 0 Å². The van der Waals surface area contributed by atoms with Gasteiger partial charge in [-0.3, -0.25) is 14.6 Å². The number of sulfone groups is 1. The number of rotatable bonds is 6. The zero-order chi connectivity index (χ0) is 22.9. The summed E-state index contributed by atoms with van der Waals surface area (Å²) in [5.41, 5.74) is 2.77. The van der Waals surface area contributed by atoms with Crippen LogP contribution in [0.2, 0.25) is 0 Å². The summed E-state index contributed by atoms with van der Waals surface area (Å²) in [7, 11) is -3.12. The summed E-state index contributed by atoms with van der Waals surface area (Å²) >= 11 is 0. The van der Waals surface area contributed by atoms with Gasteiger partial charge in [0.05, 0.1) is 30.4 Å². The first kappa shape index (κ1) is 21.8. The van der Waals surface area contributed by atoms with Crippen molar-refractivity contribution in [2.45, 2.75) is 32.4 Å². The molecule has 0 spiro atoms. The number of carbonyl (C=O) groups is 1. The molecular weight excluding hydrogens is 434 g/mol. The monoisotopic (exact) mass is 457 g/mol. The zero-order valence-electron chi connectivity index (χ0n) is 17.7. The fraction of sp³-hybridized carbons (Fsp3) is 0.333. The van der Waals surface area contributed by atoms with Crippen LogP contribution in [0.3, 0.4) is 0 Å². The number of hydrogen-bond acceptors (Lipinski definition) is 7. The third-order valence-corrected chi connectivity index (χ3v) is 6.26. The van der Waals surface area contributed by atoms with Gasteiger partial charge in [0.2, 0.25) is 5.88 Å². The predicted molar refractivity (Wildman–Crippen MR) is 118 cm³/mol. The molecule has 1 amide bonds. The molecule has 11 heteroatoms. The Morgan fingerprint density at radius 3 is 2.78 bits per heavy atom. The van der Waals surface area contributed by atoms with Crippen LogP contribution < -0.4 is 9.64 Å². The second-order valence-electron chi connectivity index (χ2n) is 7.75. The van der Waals surface area contributed by atoms with Gasteiger partial charge in [-0.25, -0.2) is 18.2 Å². The van der Waals surface area contributed by atoms with E-state index < -0.39 is 15.9 Å². The number of benzene rings is 1. The number of ether oxygens (including phenoxy) is 1. The molecule has 4 rings (SSSR count). The Labute approximate surface area is 185 Å². The van der Waals surface area contributed by atoms with E-state index in [0.29, 0.717) is 29.8 Å². The van der Waals surface area contributed by atoms with Gasteiger partial charge in [0, 0.05) is 47.6 Å². The zero-order valence-corrected chi connectivity index (χ0v) is 18.5. The summed E-state index contributed by atoms with van der Waals surface area (Å²) in [4.78, 5) is 21.5. The van der Waals surface area contributed by atoms with E-state index in [1.54, 1.807) is 29.2 Å². The van der Waals surface area contributed by atoms with Crippen LogP contribution in [0.15, 0.2) is 43.1 Å². The number of hydrogen-bond donors (Lipinski definition) is 1. The maximum Gasteiger partial charge on any atom is 0.412 e. The maximum atomic E-state index is 11.9. The topological polar surface area (TPSA) is 128 Å². The van der Waals surface area contributed by atoms with Crippen molar-refractivity contribution in [1.29, 1.82) is 0 Å². The van der Waals surface area contributed by atoms with Gasteiger partial charge >= 0.3 is 6.09 Å². The van der Waals surface area contributed by atoms with Crippen LogP contribution in [0.1, 0.15) is 18.9 Å². The van der Waals surface area contributed by atoms with E-state index in [1.165, 1.54) is 29.7 Å². The van der Waals surface area contributed by atoms with Gasteiger partial charge in [-0.05, 0) is 31.9 Å². The number of amides is 1. The number of nitrogens with zero attached hydrogens (tertiary/aromatic N) is 5. The second kappa shape index (κ2) is 8.58. The smallest absolute Gasteiger partial charge is 0.412 e. The largest absolute Gasteiger partial charge is 0.465 e. The van der Waals surface area contributed by atoms with Crippen molar-refractivity contribution < 1.29 is 23.1 Å². The minimum Gasteiger partial charge on any atom is -0.465 e. The van der Waals surface area contributed by atoms with Crippen LogP contribution in [-0.2, 0) is 22.8 Å². The molecule has 0 fully saturated rings. The van der Waals surface area contributed by atoms with Crippen LogP contribution in [0, 0.1) is 0 Å². The van der Waals surface area contributed by atoms with Crippen molar-refractivity contribution in [1.82, 2.24) is 19.7 Å². The van der Waals surface area contributed by atoms with E-state index in [4.69, 9.17) is 4.74 Å². The third-order valence-electron chi connectivity index (χ3n) is 5.34. The average molecular weight is 458 g/mol. The molecule has 10 nitrogen and oxygen atoms in total. The highest BCUT2D eigenvalue weighted by Crippen LogP contribution is 2.44. The summed E-state index contributed by atoms with van der Waals surface area (Å²) in [6, 6.07) is 3.40. The molecular formula is C21H23N5O5S. The summed E-state index contributed by atoms with van der Waals surface area (Å²) in [6.07, 6.45) is 9.35. The fourth-order valence-electron chi connectivity index (χ4n) is 3.77. The Morgan fingerprint density at radius 2 is 2.09 bits per heavy atom. The maximum absolute atomic E-state index is 11.9. The Morgan fingerprint density at radius 1 is 1.28 bits per heavy atom. The molecule has 0 aliphatic carbocycles. The predicted octanol–water partition coefficient (Wildman–Crippen LogP) is 3.00.